The lowest BCUT2D eigenvalue weighted by molar-refractivity contribution is -0.125. The fourth-order valence-corrected chi connectivity index (χ4v) is 4.19. The summed E-state index contributed by atoms with van der Waals surface area (Å²) < 4.78 is 5.64. The van der Waals surface area contributed by atoms with E-state index in [9.17, 15) is 9.59 Å². The number of nitrogens with one attached hydrogen (secondary N) is 1. The van der Waals surface area contributed by atoms with Crippen molar-refractivity contribution in [2.75, 3.05) is 13.2 Å². The third-order valence-corrected chi connectivity index (χ3v) is 5.87. The number of carbonyl (C=O) groups excluding carboxylic acids is 2. The van der Waals surface area contributed by atoms with Crippen molar-refractivity contribution in [3.63, 3.8) is 0 Å². The average Bonchev–Trinajstić information content (AvgIpc) is 3.33. The highest BCUT2D eigenvalue weighted by Gasteiger charge is 2.35. The Hall–Kier alpha value is -1.30. The van der Waals surface area contributed by atoms with Gasteiger partial charge in [-0.2, -0.15) is 0 Å². The van der Waals surface area contributed by atoms with Gasteiger partial charge >= 0.3 is 0 Å². The molecule has 3 unspecified atom stereocenters. The largest absolute Gasteiger partial charge is 0.378 e. The van der Waals surface area contributed by atoms with Gasteiger partial charge in [-0.05, 0) is 63.6 Å². The Bertz CT molecular complexity index is 692. The van der Waals surface area contributed by atoms with Gasteiger partial charge in [0, 0.05) is 24.2 Å². The van der Waals surface area contributed by atoms with Gasteiger partial charge in [0.05, 0.1) is 16.7 Å². The summed E-state index contributed by atoms with van der Waals surface area (Å²) in [7, 11) is 0. The van der Waals surface area contributed by atoms with Crippen LogP contribution in [-0.2, 0) is 9.53 Å². The minimum atomic E-state index is -0.460. The van der Waals surface area contributed by atoms with Crippen molar-refractivity contribution >= 4 is 35.0 Å². The molecule has 0 radical (unpaired) electrons. The van der Waals surface area contributed by atoms with E-state index in [1.54, 1.807) is 23.1 Å². The molecule has 1 aromatic rings. The summed E-state index contributed by atoms with van der Waals surface area (Å²) in [5.74, 6) is -0.342. The van der Waals surface area contributed by atoms with E-state index in [0.29, 0.717) is 34.7 Å². The van der Waals surface area contributed by atoms with Crippen LogP contribution >= 0.6 is 23.2 Å². The van der Waals surface area contributed by atoms with Crippen molar-refractivity contribution in [3.05, 3.63) is 33.8 Å². The van der Waals surface area contributed by atoms with Gasteiger partial charge in [-0.15, -0.1) is 0 Å². The van der Waals surface area contributed by atoms with Gasteiger partial charge in [0.2, 0.25) is 5.91 Å². The fraction of sp³-hybridized carbons (Fsp3) is 0.600. The van der Waals surface area contributed by atoms with Crippen LogP contribution in [0.1, 0.15) is 55.8 Å². The van der Waals surface area contributed by atoms with Gasteiger partial charge in [0.25, 0.3) is 5.91 Å². The summed E-state index contributed by atoms with van der Waals surface area (Å²) in [6.07, 6.45) is 5.83. The molecule has 0 aromatic heterocycles. The average molecular weight is 413 g/mol. The fourth-order valence-electron chi connectivity index (χ4n) is 3.82. The predicted octanol–water partition coefficient (Wildman–Crippen LogP) is 4.06. The zero-order chi connectivity index (χ0) is 19.4. The summed E-state index contributed by atoms with van der Waals surface area (Å²) in [4.78, 5) is 27.3. The van der Waals surface area contributed by atoms with Crippen LogP contribution in [0.15, 0.2) is 18.2 Å². The van der Waals surface area contributed by atoms with E-state index in [4.69, 9.17) is 27.9 Å². The molecule has 1 aromatic carbocycles. The number of ether oxygens (including phenoxy) is 1. The van der Waals surface area contributed by atoms with Gasteiger partial charge in [-0.1, -0.05) is 23.2 Å². The molecule has 148 valence electrons. The van der Waals surface area contributed by atoms with Crippen molar-refractivity contribution < 1.29 is 14.3 Å². The van der Waals surface area contributed by atoms with Crippen molar-refractivity contribution in [3.8, 4) is 0 Å². The molecule has 1 N–H and O–H groups in total. The van der Waals surface area contributed by atoms with Crippen LogP contribution in [0, 0.1) is 0 Å². The second kappa shape index (κ2) is 9.26. The molecule has 3 rings (SSSR count). The second-order valence-electron chi connectivity index (χ2n) is 7.40. The van der Waals surface area contributed by atoms with Crippen molar-refractivity contribution in [1.29, 1.82) is 0 Å². The summed E-state index contributed by atoms with van der Waals surface area (Å²) in [5.41, 5.74) is 0.343. The van der Waals surface area contributed by atoms with Crippen LogP contribution in [0.4, 0.5) is 0 Å². The molecule has 0 spiro atoms. The molecule has 5 nitrogen and oxygen atoms in total. The van der Waals surface area contributed by atoms with Crippen LogP contribution < -0.4 is 5.32 Å². The lowest BCUT2D eigenvalue weighted by Gasteiger charge is -2.26. The third-order valence-electron chi connectivity index (χ3n) is 5.31. The topological polar surface area (TPSA) is 58.6 Å². The van der Waals surface area contributed by atoms with E-state index in [1.165, 1.54) is 0 Å². The molecule has 0 saturated carbocycles. The number of benzene rings is 1. The maximum atomic E-state index is 12.9. The Morgan fingerprint density at radius 2 is 2.11 bits per heavy atom. The first-order valence-corrected chi connectivity index (χ1v) is 10.4. The van der Waals surface area contributed by atoms with Gasteiger partial charge in [0.15, 0.2) is 0 Å². The molecule has 3 atom stereocenters. The van der Waals surface area contributed by atoms with E-state index in [-0.39, 0.29) is 17.9 Å². The molecule has 2 aliphatic rings. The first kappa shape index (κ1) is 20.4. The minimum Gasteiger partial charge on any atom is -0.378 e. The SMILES string of the molecule is CC(CCC1CCCO1)NC(=O)C1CCCN1C(=O)c1cc(Cl)ccc1Cl. The van der Waals surface area contributed by atoms with Crippen LogP contribution in [-0.4, -0.2) is 48.1 Å². The Morgan fingerprint density at radius 1 is 1.30 bits per heavy atom. The molecule has 27 heavy (non-hydrogen) atoms. The number of rotatable bonds is 6. The lowest BCUT2D eigenvalue weighted by atomic mass is 10.1. The minimum absolute atomic E-state index is 0.0500. The Morgan fingerprint density at radius 3 is 2.85 bits per heavy atom. The quantitative estimate of drug-likeness (QED) is 0.765. The highest BCUT2D eigenvalue weighted by atomic mass is 35.5. The third kappa shape index (κ3) is 5.15. The van der Waals surface area contributed by atoms with E-state index >= 15 is 0 Å². The van der Waals surface area contributed by atoms with E-state index in [1.807, 2.05) is 6.92 Å². The van der Waals surface area contributed by atoms with Crippen molar-refractivity contribution in [2.24, 2.45) is 0 Å². The monoisotopic (exact) mass is 412 g/mol. The first-order valence-electron chi connectivity index (χ1n) is 9.63. The number of hydrogen-bond acceptors (Lipinski definition) is 3. The Labute approximate surface area is 170 Å². The number of carbonyl (C=O) groups is 2. The zero-order valence-corrected chi connectivity index (χ0v) is 17.1. The number of nitrogens with zero attached hydrogens (tertiary/aromatic N) is 1. The molecule has 2 heterocycles. The molecule has 0 aliphatic carbocycles. The van der Waals surface area contributed by atoms with Crippen LogP contribution in [0.5, 0.6) is 0 Å². The normalized spacial score (nSPS) is 23.4. The Balaban J connectivity index is 1.58. The lowest BCUT2D eigenvalue weighted by Crippen LogP contribution is -2.48. The summed E-state index contributed by atoms with van der Waals surface area (Å²) in [6, 6.07) is 4.40. The van der Waals surface area contributed by atoms with Crippen molar-refractivity contribution in [1.82, 2.24) is 10.2 Å². The molecule has 7 heteroatoms. The Kier molecular flexibility index (Phi) is 7.01. The number of halogens is 2. The van der Waals surface area contributed by atoms with Crippen LogP contribution in [0.25, 0.3) is 0 Å². The molecule has 0 bridgehead atoms. The van der Waals surface area contributed by atoms with Crippen molar-refractivity contribution in [2.45, 2.75) is 63.6 Å². The van der Waals surface area contributed by atoms with E-state index in [0.717, 1.165) is 38.7 Å². The summed E-state index contributed by atoms with van der Waals surface area (Å²) in [5, 5.41) is 3.86. The molecule has 2 fully saturated rings. The van der Waals surface area contributed by atoms with Gasteiger partial charge in [-0.3, -0.25) is 9.59 Å². The number of likely N-dealkylation sites (tertiary alicyclic amines) is 1. The van der Waals surface area contributed by atoms with Gasteiger partial charge < -0.3 is 15.0 Å². The second-order valence-corrected chi connectivity index (χ2v) is 8.25. The van der Waals surface area contributed by atoms with E-state index in [2.05, 4.69) is 5.32 Å². The summed E-state index contributed by atoms with van der Waals surface area (Å²) in [6.45, 7) is 3.39. The standard InChI is InChI=1S/C20H26Cl2N2O3/c1-13(6-8-15-4-3-11-27-15)23-19(25)18-5-2-10-24(18)20(26)16-12-14(21)7-9-17(16)22/h7,9,12-13,15,18H,2-6,8,10-11H2,1H3,(H,23,25). The molecule has 2 saturated heterocycles. The smallest absolute Gasteiger partial charge is 0.256 e. The first-order chi connectivity index (χ1) is 13.0. The molecule has 2 aliphatic heterocycles. The van der Waals surface area contributed by atoms with E-state index < -0.39 is 6.04 Å². The van der Waals surface area contributed by atoms with Crippen LogP contribution in [0.3, 0.4) is 0 Å². The number of amides is 2. The highest BCUT2D eigenvalue weighted by molar-refractivity contribution is 6.35. The molecule has 2 amide bonds. The maximum Gasteiger partial charge on any atom is 0.256 e. The van der Waals surface area contributed by atoms with Gasteiger partial charge in [-0.25, -0.2) is 0 Å². The maximum absolute atomic E-state index is 12.9. The van der Waals surface area contributed by atoms with Gasteiger partial charge in [0.1, 0.15) is 6.04 Å². The zero-order valence-electron chi connectivity index (χ0n) is 15.5. The highest BCUT2D eigenvalue weighted by Crippen LogP contribution is 2.26. The van der Waals surface area contributed by atoms with Crippen LogP contribution in [0.2, 0.25) is 10.0 Å². The predicted molar refractivity (Wildman–Crippen MR) is 106 cm³/mol. The number of hydrogen-bond donors (Lipinski definition) is 1. The molecular formula is C20H26Cl2N2O3. The summed E-state index contributed by atoms with van der Waals surface area (Å²) >= 11 is 12.2. The molecular weight excluding hydrogens is 387 g/mol.